The van der Waals surface area contributed by atoms with Crippen molar-refractivity contribution in [1.82, 2.24) is 13.9 Å². The van der Waals surface area contributed by atoms with Crippen LogP contribution in [0.5, 0.6) is 0 Å². The average molecular weight is 329 g/mol. The summed E-state index contributed by atoms with van der Waals surface area (Å²) in [4.78, 5) is 12.4. The minimum atomic E-state index is -3.37. The van der Waals surface area contributed by atoms with Crippen molar-refractivity contribution >= 4 is 16.1 Å². The minimum absolute atomic E-state index is 0.0493. The summed E-state index contributed by atoms with van der Waals surface area (Å²) in [6.45, 7) is 2.14. The highest BCUT2D eigenvalue weighted by molar-refractivity contribution is 7.86. The molecule has 126 valence electrons. The Balaban J connectivity index is 1.59. The maximum atomic E-state index is 12.6. The third kappa shape index (κ3) is 3.46. The van der Waals surface area contributed by atoms with Gasteiger partial charge >= 0.3 is 0 Å². The summed E-state index contributed by atoms with van der Waals surface area (Å²) in [7, 11) is -3.37. The second-order valence-electron chi connectivity index (χ2n) is 6.80. The second-order valence-corrected chi connectivity index (χ2v) is 8.73. The molecule has 6 nitrogen and oxygen atoms in total. The molecule has 1 N–H and O–H groups in total. The molecule has 2 aliphatic heterocycles. The van der Waals surface area contributed by atoms with Crippen LogP contribution in [0.1, 0.15) is 51.4 Å². The van der Waals surface area contributed by atoms with Crippen LogP contribution in [0.3, 0.4) is 0 Å². The van der Waals surface area contributed by atoms with Crippen LogP contribution < -0.4 is 5.32 Å². The summed E-state index contributed by atoms with van der Waals surface area (Å²) in [5, 5.41) is 3.12. The first-order valence-electron chi connectivity index (χ1n) is 8.63. The predicted octanol–water partition coefficient (Wildman–Crippen LogP) is 1.10. The van der Waals surface area contributed by atoms with Gasteiger partial charge in [0.15, 0.2) is 0 Å². The molecule has 0 spiro atoms. The van der Waals surface area contributed by atoms with Gasteiger partial charge in [0.25, 0.3) is 10.2 Å². The molecule has 22 heavy (non-hydrogen) atoms. The van der Waals surface area contributed by atoms with Crippen LogP contribution in [-0.2, 0) is 15.0 Å². The molecule has 0 aromatic heterocycles. The fourth-order valence-electron chi connectivity index (χ4n) is 3.84. The van der Waals surface area contributed by atoms with E-state index in [4.69, 9.17) is 0 Å². The minimum Gasteiger partial charge on any atom is -0.353 e. The molecule has 2 heterocycles. The first-order chi connectivity index (χ1) is 10.6. The SMILES string of the molecule is O=C(NC1CCCC1)C1CCCN(S(=O)(=O)N2CCCC2)C1. The Morgan fingerprint density at radius 1 is 0.864 bits per heavy atom. The van der Waals surface area contributed by atoms with Crippen molar-refractivity contribution in [2.45, 2.75) is 57.4 Å². The van der Waals surface area contributed by atoms with E-state index in [0.717, 1.165) is 38.5 Å². The van der Waals surface area contributed by atoms with Gasteiger partial charge < -0.3 is 5.32 Å². The first kappa shape index (κ1) is 16.2. The van der Waals surface area contributed by atoms with Gasteiger partial charge in [-0.25, -0.2) is 0 Å². The topological polar surface area (TPSA) is 69.7 Å². The van der Waals surface area contributed by atoms with Crippen molar-refractivity contribution in [1.29, 1.82) is 0 Å². The first-order valence-corrected chi connectivity index (χ1v) is 10.0. The third-order valence-electron chi connectivity index (χ3n) is 5.17. The Morgan fingerprint density at radius 2 is 1.50 bits per heavy atom. The lowest BCUT2D eigenvalue weighted by Gasteiger charge is -2.34. The number of carbonyl (C=O) groups excluding carboxylic acids is 1. The molecule has 0 bridgehead atoms. The van der Waals surface area contributed by atoms with Gasteiger partial charge in [-0.15, -0.1) is 0 Å². The van der Waals surface area contributed by atoms with Gasteiger partial charge in [0, 0.05) is 32.2 Å². The quantitative estimate of drug-likeness (QED) is 0.839. The number of hydrogen-bond acceptors (Lipinski definition) is 3. The van der Waals surface area contributed by atoms with Gasteiger partial charge in [-0.2, -0.15) is 17.0 Å². The summed E-state index contributed by atoms with van der Waals surface area (Å²) in [6.07, 6.45) is 7.95. The van der Waals surface area contributed by atoms with Crippen LogP contribution in [0.4, 0.5) is 0 Å². The number of rotatable bonds is 4. The second kappa shape index (κ2) is 6.84. The number of amides is 1. The van der Waals surface area contributed by atoms with Crippen LogP contribution >= 0.6 is 0 Å². The number of hydrogen-bond donors (Lipinski definition) is 1. The van der Waals surface area contributed by atoms with Crippen molar-refractivity contribution in [2.75, 3.05) is 26.2 Å². The maximum Gasteiger partial charge on any atom is 0.281 e. The van der Waals surface area contributed by atoms with Crippen molar-refractivity contribution in [3.63, 3.8) is 0 Å². The van der Waals surface area contributed by atoms with E-state index < -0.39 is 10.2 Å². The Kier molecular flexibility index (Phi) is 5.04. The van der Waals surface area contributed by atoms with Crippen LogP contribution in [0.15, 0.2) is 0 Å². The lowest BCUT2D eigenvalue weighted by Crippen LogP contribution is -2.50. The molecule has 3 aliphatic rings. The molecule has 2 saturated heterocycles. The van der Waals surface area contributed by atoms with Crippen LogP contribution in [0, 0.1) is 5.92 Å². The summed E-state index contributed by atoms with van der Waals surface area (Å²) in [5.41, 5.74) is 0. The van der Waals surface area contributed by atoms with E-state index in [2.05, 4.69) is 5.32 Å². The molecule has 0 aromatic rings. The zero-order valence-electron chi connectivity index (χ0n) is 13.2. The lowest BCUT2D eigenvalue weighted by atomic mass is 9.98. The molecule has 7 heteroatoms. The highest BCUT2D eigenvalue weighted by atomic mass is 32.2. The molecule has 1 atom stereocenters. The van der Waals surface area contributed by atoms with Crippen molar-refractivity contribution in [2.24, 2.45) is 5.92 Å². The van der Waals surface area contributed by atoms with Crippen LogP contribution in [0.25, 0.3) is 0 Å². The Bertz CT molecular complexity index is 496. The van der Waals surface area contributed by atoms with Crippen LogP contribution in [-0.4, -0.2) is 55.2 Å². The summed E-state index contributed by atoms with van der Waals surface area (Å²) >= 11 is 0. The number of carbonyl (C=O) groups is 1. The molecule has 0 radical (unpaired) electrons. The summed E-state index contributed by atoms with van der Waals surface area (Å²) in [5.74, 6) is -0.139. The molecule has 0 aromatic carbocycles. The third-order valence-corrected chi connectivity index (χ3v) is 7.18. The fourth-order valence-corrected chi connectivity index (χ4v) is 5.61. The van der Waals surface area contributed by atoms with Gasteiger partial charge in [0.2, 0.25) is 5.91 Å². The number of piperidine rings is 1. The zero-order valence-corrected chi connectivity index (χ0v) is 14.0. The van der Waals surface area contributed by atoms with E-state index in [-0.39, 0.29) is 11.8 Å². The predicted molar refractivity (Wildman–Crippen MR) is 84.4 cm³/mol. The number of nitrogens with zero attached hydrogens (tertiary/aromatic N) is 2. The molecule has 1 aliphatic carbocycles. The highest BCUT2D eigenvalue weighted by Gasteiger charge is 2.37. The monoisotopic (exact) mass is 329 g/mol. The zero-order chi connectivity index (χ0) is 15.6. The molecular formula is C15H27N3O3S. The van der Waals surface area contributed by atoms with Crippen LogP contribution in [0.2, 0.25) is 0 Å². The Labute approximate surface area is 133 Å². The van der Waals surface area contributed by atoms with Gasteiger partial charge in [0.05, 0.1) is 5.92 Å². The van der Waals surface area contributed by atoms with E-state index >= 15 is 0 Å². The largest absolute Gasteiger partial charge is 0.353 e. The molecule has 1 unspecified atom stereocenters. The number of nitrogens with one attached hydrogen (secondary N) is 1. The van der Waals surface area contributed by atoms with Crippen molar-refractivity contribution in [3.8, 4) is 0 Å². The van der Waals surface area contributed by atoms with Gasteiger partial charge in [-0.1, -0.05) is 12.8 Å². The van der Waals surface area contributed by atoms with Gasteiger partial charge in [-0.3, -0.25) is 4.79 Å². The van der Waals surface area contributed by atoms with E-state index in [1.807, 2.05) is 0 Å². The van der Waals surface area contributed by atoms with E-state index in [1.165, 1.54) is 17.1 Å². The molecule has 1 amide bonds. The van der Waals surface area contributed by atoms with Gasteiger partial charge in [0.1, 0.15) is 0 Å². The summed E-state index contributed by atoms with van der Waals surface area (Å²) in [6, 6.07) is 0.304. The van der Waals surface area contributed by atoms with Crippen molar-refractivity contribution < 1.29 is 13.2 Å². The Hall–Kier alpha value is -0.660. The molecule has 3 fully saturated rings. The standard InChI is InChI=1S/C15H27N3O3S/c19-15(16-14-7-1-2-8-14)13-6-5-11-18(12-13)22(20,21)17-9-3-4-10-17/h13-14H,1-12H2,(H,16,19). The fraction of sp³-hybridized carbons (Fsp3) is 0.933. The average Bonchev–Trinajstić information content (AvgIpc) is 3.21. The van der Waals surface area contributed by atoms with Crippen molar-refractivity contribution in [3.05, 3.63) is 0 Å². The van der Waals surface area contributed by atoms with E-state index in [9.17, 15) is 13.2 Å². The molecule has 1 saturated carbocycles. The lowest BCUT2D eigenvalue weighted by molar-refractivity contribution is -0.126. The molecule has 3 rings (SSSR count). The normalized spacial score (nSPS) is 29.0. The molecular weight excluding hydrogens is 302 g/mol. The smallest absolute Gasteiger partial charge is 0.281 e. The Morgan fingerprint density at radius 3 is 2.18 bits per heavy atom. The van der Waals surface area contributed by atoms with Gasteiger partial charge in [-0.05, 0) is 38.5 Å². The maximum absolute atomic E-state index is 12.6. The van der Waals surface area contributed by atoms with E-state index in [0.29, 0.717) is 32.2 Å². The van der Waals surface area contributed by atoms with E-state index in [1.54, 1.807) is 4.31 Å². The summed E-state index contributed by atoms with van der Waals surface area (Å²) < 4.78 is 28.3. The highest BCUT2D eigenvalue weighted by Crippen LogP contribution is 2.25.